The summed E-state index contributed by atoms with van der Waals surface area (Å²) in [5.41, 5.74) is 0.434. The van der Waals surface area contributed by atoms with Gasteiger partial charge in [-0.3, -0.25) is 4.98 Å². The van der Waals surface area contributed by atoms with Crippen LogP contribution in [0.3, 0.4) is 0 Å². The van der Waals surface area contributed by atoms with Crippen molar-refractivity contribution >= 4 is 10.1 Å². The minimum Gasteiger partial charge on any atom is -0.744 e. The Morgan fingerprint density at radius 2 is 1.50 bits per heavy atom. The van der Waals surface area contributed by atoms with Crippen molar-refractivity contribution in [2.75, 3.05) is 0 Å². The summed E-state index contributed by atoms with van der Waals surface area (Å²) in [5.74, 6) is 0. The van der Waals surface area contributed by atoms with Gasteiger partial charge in [-0.1, -0.05) is 41.5 Å². The van der Waals surface area contributed by atoms with Gasteiger partial charge in [-0.05, 0) is 12.1 Å². The Balaban J connectivity index is 3.61. The average molecular weight is 270 g/mol. The highest BCUT2D eigenvalue weighted by Crippen LogP contribution is 2.30. The van der Waals surface area contributed by atoms with E-state index in [0.717, 1.165) is 5.69 Å². The molecule has 0 unspecified atom stereocenters. The van der Waals surface area contributed by atoms with Crippen molar-refractivity contribution in [3.05, 3.63) is 23.5 Å². The van der Waals surface area contributed by atoms with E-state index in [1.54, 1.807) is 6.07 Å². The minimum absolute atomic E-state index is 0.189. The molecule has 0 aliphatic carbocycles. The quantitative estimate of drug-likeness (QED) is 0.735. The van der Waals surface area contributed by atoms with Gasteiger partial charge in [-0.15, -0.1) is 0 Å². The lowest BCUT2D eigenvalue weighted by Gasteiger charge is -2.26. The van der Waals surface area contributed by atoms with Gasteiger partial charge in [0.2, 0.25) is 0 Å². The van der Waals surface area contributed by atoms with Gasteiger partial charge in [0.15, 0.2) is 0 Å². The molecule has 0 N–H and O–H groups in total. The van der Waals surface area contributed by atoms with Crippen LogP contribution in [0.15, 0.2) is 17.0 Å². The molecule has 0 amide bonds. The molecule has 102 valence electrons. The van der Waals surface area contributed by atoms with E-state index in [1.807, 2.05) is 41.5 Å². The third kappa shape index (κ3) is 3.29. The van der Waals surface area contributed by atoms with Crippen LogP contribution in [0.25, 0.3) is 0 Å². The van der Waals surface area contributed by atoms with E-state index in [0.29, 0.717) is 5.69 Å². The second kappa shape index (κ2) is 4.31. The zero-order valence-corrected chi connectivity index (χ0v) is 12.6. The van der Waals surface area contributed by atoms with Crippen molar-refractivity contribution in [3.63, 3.8) is 0 Å². The molecule has 0 saturated carbocycles. The Bertz CT molecular complexity index is 549. The molecular weight excluding hydrogens is 250 g/mol. The molecule has 0 spiro atoms. The summed E-state index contributed by atoms with van der Waals surface area (Å²) in [5, 5.41) is 0. The van der Waals surface area contributed by atoms with Gasteiger partial charge < -0.3 is 4.55 Å². The van der Waals surface area contributed by atoms with Gasteiger partial charge in [0.05, 0.1) is 10.6 Å². The average Bonchev–Trinajstić information content (AvgIpc) is 2.12. The highest BCUT2D eigenvalue weighted by molar-refractivity contribution is 7.85. The number of rotatable bonds is 1. The monoisotopic (exact) mass is 270 g/mol. The summed E-state index contributed by atoms with van der Waals surface area (Å²) in [4.78, 5) is 4.18. The minimum atomic E-state index is -4.49. The maximum absolute atomic E-state index is 11.3. The third-order valence-corrected chi connectivity index (χ3v) is 3.47. The smallest absolute Gasteiger partial charge is 0.126 e. The lowest BCUT2D eigenvalue weighted by atomic mass is 9.88. The lowest BCUT2D eigenvalue weighted by molar-refractivity contribution is 0.452. The molecule has 5 heteroatoms. The Kier molecular flexibility index (Phi) is 3.62. The van der Waals surface area contributed by atoms with E-state index in [-0.39, 0.29) is 10.3 Å². The molecular formula is C13H20NO3S-. The molecule has 0 radical (unpaired) electrons. The molecule has 0 saturated heterocycles. The molecule has 0 bridgehead atoms. The largest absolute Gasteiger partial charge is 0.744 e. The Morgan fingerprint density at radius 1 is 1.00 bits per heavy atom. The molecule has 0 aliphatic rings. The van der Waals surface area contributed by atoms with Crippen molar-refractivity contribution in [1.82, 2.24) is 4.98 Å². The zero-order valence-electron chi connectivity index (χ0n) is 11.7. The summed E-state index contributed by atoms with van der Waals surface area (Å²) in [7, 11) is -4.49. The maximum atomic E-state index is 11.3. The summed E-state index contributed by atoms with van der Waals surface area (Å²) in [6.45, 7) is 11.5. The fourth-order valence-electron chi connectivity index (χ4n) is 1.60. The van der Waals surface area contributed by atoms with Crippen molar-refractivity contribution in [2.24, 2.45) is 0 Å². The highest BCUT2D eigenvalue weighted by Gasteiger charge is 2.26. The van der Waals surface area contributed by atoms with Crippen LogP contribution in [0.2, 0.25) is 0 Å². The number of hydrogen-bond donors (Lipinski definition) is 0. The Labute approximate surface area is 109 Å². The molecule has 1 aromatic heterocycles. The van der Waals surface area contributed by atoms with E-state index in [4.69, 9.17) is 0 Å². The molecule has 0 atom stereocenters. The lowest BCUT2D eigenvalue weighted by Crippen LogP contribution is -2.23. The first-order valence-corrected chi connectivity index (χ1v) is 7.22. The molecule has 1 aromatic rings. The molecule has 1 rings (SSSR count). The first-order valence-electron chi connectivity index (χ1n) is 5.81. The van der Waals surface area contributed by atoms with Crippen LogP contribution in [0.1, 0.15) is 52.9 Å². The molecule has 18 heavy (non-hydrogen) atoms. The number of nitrogens with zero attached hydrogens (tertiary/aromatic N) is 1. The predicted molar refractivity (Wildman–Crippen MR) is 69.6 cm³/mol. The van der Waals surface area contributed by atoms with Crippen LogP contribution in [-0.2, 0) is 20.9 Å². The first-order chi connectivity index (χ1) is 7.83. The van der Waals surface area contributed by atoms with Crippen molar-refractivity contribution in [3.8, 4) is 0 Å². The highest BCUT2D eigenvalue weighted by atomic mass is 32.2. The van der Waals surface area contributed by atoms with Crippen molar-refractivity contribution < 1.29 is 13.0 Å². The SMILES string of the molecule is CC(C)(C)c1ccc(S(=O)(=O)[O-])c(C(C)(C)C)n1. The predicted octanol–water partition coefficient (Wildman–Crippen LogP) is 2.58. The van der Waals surface area contributed by atoms with Crippen LogP contribution < -0.4 is 0 Å². The van der Waals surface area contributed by atoms with Gasteiger partial charge in [0.1, 0.15) is 10.1 Å². The summed E-state index contributed by atoms with van der Waals surface area (Å²) < 4.78 is 33.8. The van der Waals surface area contributed by atoms with E-state index in [1.165, 1.54) is 6.07 Å². The fourth-order valence-corrected chi connectivity index (χ4v) is 2.43. The molecule has 0 aliphatic heterocycles. The van der Waals surface area contributed by atoms with Gasteiger partial charge in [-0.2, -0.15) is 0 Å². The van der Waals surface area contributed by atoms with Crippen molar-refractivity contribution in [2.45, 2.75) is 57.3 Å². The molecule has 1 heterocycles. The van der Waals surface area contributed by atoms with Crippen LogP contribution in [0.5, 0.6) is 0 Å². The molecule has 4 nitrogen and oxygen atoms in total. The van der Waals surface area contributed by atoms with E-state index in [2.05, 4.69) is 4.98 Å². The third-order valence-electron chi connectivity index (χ3n) is 2.61. The van der Waals surface area contributed by atoms with Gasteiger partial charge >= 0.3 is 0 Å². The van der Waals surface area contributed by atoms with E-state index in [9.17, 15) is 13.0 Å². The Morgan fingerprint density at radius 3 is 1.83 bits per heavy atom. The number of aromatic nitrogens is 1. The standard InChI is InChI=1S/C13H21NO3S/c1-12(2,3)10-8-7-9(18(15,16)17)11(14-10)13(4,5)6/h7-8H,1-6H3,(H,15,16,17)/p-1. The van der Waals surface area contributed by atoms with Crippen LogP contribution in [-0.4, -0.2) is 18.0 Å². The summed E-state index contributed by atoms with van der Waals surface area (Å²) >= 11 is 0. The molecule has 0 aromatic carbocycles. The van der Waals surface area contributed by atoms with Crippen LogP contribution >= 0.6 is 0 Å². The fraction of sp³-hybridized carbons (Fsp3) is 0.615. The molecule has 0 fully saturated rings. The normalized spacial score (nSPS) is 13.7. The van der Waals surface area contributed by atoms with Gasteiger partial charge in [0.25, 0.3) is 0 Å². The zero-order chi connectivity index (χ0) is 14.4. The maximum Gasteiger partial charge on any atom is 0.126 e. The van der Waals surface area contributed by atoms with Gasteiger partial charge in [0, 0.05) is 16.5 Å². The van der Waals surface area contributed by atoms with Crippen LogP contribution in [0, 0.1) is 0 Å². The van der Waals surface area contributed by atoms with E-state index < -0.39 is 15.5 Å². The first kappa shape index (κ1) is 15.1. The second-order valence-corrected chi connectivity index (χ2v) is 7.85. The Hall–Kier alpha value is -0.940. The second-order valence-electron chi connectivity index (χ2n) is 6.50. The summed E-state index contributed by atoms with van der Waals surface area (Å²) in [6.07, 6.45) is 0. The van der Waals surface area contributed by atoms with Crippen molar-refractivity contribution in [1.29, 1.82) is 0 Å². The topological polar surface area (TPSA) is 70.1 Å². The number of hydrogen-bond acceptors (Lipinski definition) is 4. The van der Waals surface area contributed by atoms with Gasteiger partial charge in [-0.25, -0.2) is 8.42 Å². The van der Waals surface area contributed by atoms with E-state index >= 15 is 0 Å². The van der Waals surface area contributed by atoms with Crippen LogP contribution in [0.4, 0.5) is 0 Å². The number of pyridine rings is 1. The summed E-state index contributed by atoms with van der Waals surface area (Å²) in [6, 6.07) is 2.98.